The number of hydrogen-bond acceptors (Lipinski definition) is 4. The average Bonchev–Trinajstić information content (AvgIpc) is 2.41. The summed E-state index contributed by atoms with van der Waals surface area (Å²) in [7, 11) is 0. The molecule has 5 heteroatoms. The third kappa shape index (κ3) is 3.92. The zero-order chi connectivity index (χ0) is 14.5. The van der Waals surface area contributed by atoms with Crippen molar-refractivity contribution in [1.29, 1.82) is 0 Å². The number of aryl methyl sites for hydroxylation is 1. The first kappa shape index (κ1) is 14.8. The van der Waals surface area contributed by atoms with E-state index in [1.807, 2.05) is 0 Å². The van der Waals surface area contributed by atoms with Crippen LogP contribution in [0.25, 0.3) is 0 Å². The van der Waals surface area contributed by atoms with Crippen molar-refractivity contribution in [3.63, 3.8) is 0 Å². The van der Waals surface area contributed by atoms with Crippen LogP contribution in [0, 0.1) is 28.9 Å². The first-order valence-electron chi connectivity index (χ1n) is 7.42. The van der Waals surface area contributed by atoms with E-state index in [9.17, 15) is 10.1 Å². The normalized spacial score (nSPS) is 22.5. The number of nitrogens with one attached hydrogen (secondary N) is 1. The fourth-order valence-corrected chi connectivity index (χ4v) is 2.87. The molecule has 0 bridgehead atoms. The second-order valence-corrected chi connectivity index (χ2v) is 5.90. The molecule has 110 valence electrons. The Hall–Kier alpha value is -1.65. The van der Waals surface area contributed by atoms with Crippen LogP contribution >= 0.6 is 0 Å². The average molecular weight is 277 g/mol. The van der Waals surface area contributed by atoms with Crippen molar-refractivity contribution in [1.82, 2.24) is 4.98 Å². The highest BCUT2D eigenvalue weighted by Crippen LogP contribution is 2.30. The Kier molecular flexibility index (Phi) is 4.93. The summed E-state index contributed by atoms with van der Waals surface area (Å²) in [5.41, 5.74) is 0.545. The molecule has 1 saturated carbocycles. The van der Waals surface area contributed by atoms with Gasteiger partial charge in [0.05, 0.1) is 4.92 Å². The largest absolute Gasteiger partial charge is 0.370 e. The van der Waals surface area contributed by atoms with Gasteiger partial charge in [-0.2, -0.15) is 0 Å². The minimum absolute atomic E-state index is 0.0804. The molecule has 0 atom stereocenters. The quantitative estimate of drug-likeness (QED) is 0.654. The van der Waals surface area contributed by atoms with E-state index in [-0.39, 0.29) is 5.69 Å². The van der Waals surface area contributed by atoms with E-state index >= 15 is 0 Å². The maximum absolute atomic E-state index is 10.7. The van der Waals surface area contributed by atoms with Gasteiger partial charge in [-0.3, -0.25) is 10.1 Å². The van der Waals surface area contributed by atoms with Gasteiger partial charge in [0.15, 0.2) is 0 Å². The Morgan fingerprint density at radius 3 is 2.65 bits per heavy atom. The summed E-state index contributed by atoms with van der Waals surface area (Å²) in [5, 5.41) is 14.0. The minimum atomic E-state index is -0.394. The highest BCUT2D eigenvalue weighted by molar-refractivity contribution is 5.44. The predicted molar refractivity (Wildman–Crippen MR) is 79.9 cm³/mol. The Balaban J connectivity index is 1.79. The highest BCUT2D eigenvalue weighted by Gasteiger charge is 2.18. The minimum Gasteiger partial charge on any atom is -0.370 e. The molecule has 5 nitrogen and oxygen atoms in total. The lowest BCUT2D eigenvalue weighted by atomic mass is 9.81. The Morgan fingerprint density at radius 1 is 1.35 bits per heavy atom. The monoisotopic (exact) mass is 277 g/mol. The molecule has 0 spiro atoms. The SMILES string of the molecule is Cc1nc(NCCC2CCC(C)CC2)ccc1[N+](=O)[O-]. The van der Waals surface area contributed by atoms with Gasteiger partial charge in [-0.25, -0.2) is 4.98 Å². The first-order valence-corrected chi connectivity index (χ1v) is 7.42. The van der Waals surface area contributed by atoms with Crippen LogP contribution in [0.2, 0.25) is 0 Å². The van der Waals surface area contributed by atoms with E-state index in [1.54, 1.807) is 13.0 Å². The number of anilines is 1. The van der Waals surface area contributed by atoms with Crippen LogP contribution in [0.5, 0.6) is 0 Å². The lowest BCUT2D eigenvalue weighted by Gasteiger charge is -2.26. The van der Waals surface area contributed by atoms with Gasteiger partial charge in [-0.05, 0) is 31.2 Å². The summed E-state index contributed by atoms with van der Waals surface area (Å²) in [5.74, 6) is 2.44. The molecule has 0 aromatic carbocycles. The highest BCUT2D eigenvalue weighted by atomic mass is 16.6. The standard InChI is InChI=1S/C15H23N3O2/c1-11-3-5-13(6-4-11)9-10-16-15-8-7-14(18(19)20)12(2)17-15/h7-8,11,13H,3-6,9-10H2,1-2H3,(H,16,17). The lowest BCUT2D eigenvalue weighted by Crippen LogP contribution is -2.16. The third-order valence-electron chi connectivity index (χ3n) is 4.25. The third-order valence-corrected chi connectivity index (χ3v) is 4.25. The van der Waals surface area contributed by atoms with Crippen molar-refractivity contribution in [2.24, 2.45) is 11.8 Å². The molecule has 1 aromatic rings. The molecule has 20 heavy (non-hydrogen) atoms. The zero-order valence-corrected chi connectivity index (χ0v) is 12.3. The smallest absolute Gasteiger partial charge is 0.290 e. The summed E-state index contributed by atoms with van der Waals surface area (Å²) in [6.07, 6.45) is 6.51. The van der Waals surface area contributed by atoms with Gasteiger partial charge in [-0.15, -0.1) is 0 Å². The molecule has 1 aliphatic rings. The Bertz CT molecular complexity index is 468. The van der Waals surface area contributed by atoms with Crippen molar-refractivity contribution in [2.75, 3.05) is 11.9 Å². The van der Waals surface area contributed by atoms with Crippen molar-refractivity contribution in [2.45, 2.75) is 46.0 Å². The van der Waals surface area contributed by atoms with Crippen LogP contribution in [-0.2, 0) is 0 Å². The maximum atomic E-state index is 10.7. The van der Waals surface area contributed by atoms with Gasteiger partial charge in [-0.1, -0.05) is 32.6 Å². The van der Waals surface area contributed by atoms with Crippen molar-refractivity contribution >= 4 is 11.5 Å². The maximum Gasteiger partial charge on any atom is 0.290 e. The van der Waals surface area contributed by atoms with Gasteiger partial charge < -0.3 is 5.32 Å². The predicted octanol–water partition coefficient (Wildman–Crippen LogP) is 3.93. The van der Waals surface area contributed by atoms with Crippen molar-refractivity contribution in [3.8, 4) is 0 Å². The molecule has 1 fully saturated rings. The summed E-state index contributed by atoms with van der Waals surface area (Å²) in [6, 6.07) is 3.21. The van der Waals surface area contributed by atoms with Crippen LogP contribution in [0.15, 0.2) is 12.1 Å². The summed E-state index contributed by atoms with van der Waals surface area (Å²) >= 11 is 0. The number of hydrogen-bond donors (Lipinski definition) is 1. The molecule has 1 aromatic heterocycles. The van der Waals surface area contributed by atoms with Crippen LogP contribution in [0.4, 0.5) is 11.5 Å². The van der Waals surface area contributed by atoms with E-state index in [2.05, 4.69) is 17.2 Å². The van der Waals surface area contributed by atoms with Crippen LogP contribution in [-0.4, -0.2) is 16.5 Å². The number of nitro groups is 1. The lowest BCUT2D eigenvalue weighted by molar-refractivity contribution is -0.385. The van der Waals surface area contributed by atoms with Gasteiger partial charge >= 0.3 is 0 Å². The van der Waals surface area contributed by atoms with Crippen molar-refractivity contribution < 1.29 is 4.92 Å². The van der Waals surface area contributed by atoms with Gasteiger partial charge in [0.1, 0.15) is 11.5 Å². The molecule has 0 amide bonds. The number of pyridine rings is 1. The molecule has 0 unspecified atom stereocenters. The molecule has 0 saturated heterocycles. The number of aromatic nitrogens is 1. The van der Waals surface area contributed by atoms with Gasteiger partial charge in [0.25, 0.3) is 5.69 Å². The van der Waals surface area contributed by atoms with Crippen LogP contribution < -0.4 is 5.32 Å². The topological polar surface area (TPSA) is 68.1 Å². The van der Waals surface area contributed by atoms with Crippen LogP contribution in [0.1, 0.15) is 44.7 Å². The van der Waals surface area contributed by atoms with Gasteiger partial charge in [0, 0.05) is 12.6 Å². The summed E-state index contributed by atoms with van der Waals surface area (Å²) in [6.45, 7) is 4.90. The van der Waals surface area contributed by atoms with E-state index < -0.39 is 4.92 Å². The fraction of sp³-hybridized carbons (Fsp3) is 0.667. The van der Waals surface area contributed by atoms with E-state index in [4.69, 9.17) is 0 Å². The van der Waals surface area contributed by atoms with Gasteiger partial charge in [0.2, 0.25) is 0 Å². The Labute approximate surface area is 119 Å². The second-order valence-electron chi connectivity index (χ2n) is 5.90. The van der Waals surface area contributed by atoms with Crippen molar-refractivity contribution in [3.05, 3.63) is 27.9 Å². The fourth-order valence-electron chi connectivity index (χ4n) is 2.87. The van der Waals surface area contributed by atoms with E-state index in [0.29, 0.717) is 5.69 Å². The Morgan fingerprint density at radius 2 is 2.05 bits per heavy atom. The zero-order valence-electron chi connectivity index (χ0n) is 12.3. The molecule has 0 aliphatic heterocycles. The van der Waals surface area contributed by atoms with E-state index in [0.717, 1.165) is 30.6 Å². The second kappa shape index (κ2) is 6.68. The molecular formula is C15H23N3O2. The molecular weight excluding hydrogens is 254 g/mol. The first-order chi connectivity index (χ1) is 9.56. The van der Waals surface area contributed by atoms with E-state index in [1.165, 1.54) is 31.7 Å². The molecule has 2 rings (SSSR count). The molecule has 1 heterocycles. The molecule has 1 aliphatic carbocycles. The molecule has 1 N–H and O–H groups in total. The van der Waals surface area contributed by atoms with Crippen LogP contribution in [0.3, 0.4) is 0 Å². The summed E-state index contributed by atoms with van der Waals surface area (Å²) in [4.78, 5) is 14.6. The number of nitrogens with zero attached hydrogens (tertiary/aromatic N) is 2. The number of rotatable bonds is 5. The molecule has 0 radical (unpaired) electrons. The summed E-state index contributed by atoms with van der Waals surface area (Å²) < 4.78 is 0.